The van der Waals surface area contributed by atoms with Crippen LogP contribution < -0.4 is 0 Å². The number of thioether (sulfide) groups is 1. The summed E-state index contributed by atoms with van der Waals surface area (Å²) in [4.78, 5) is 39.1. The van der Waals surface area contributed by atoms with Crippen LogP contribution in [-0.4, -0.2) is 70.4 Å². The number of carbonyl (C=O) groups excluding carboxylic acids is 2. The lowest BCUT2D eigenvalue weighted by atomic mass is 10.1. The monoisotopic (exact) mass is 390 g/mol. The smallest absolute Gasteiger partial charge is 0.303 e. The van der Waals surface area contributed by atoms with Gasteiger partial charge in [-0.15, -0.1) is 0 Å². The first-order valence-electron chi connectivity index (χ1n) is 9.47. The lowest BCUT2D eigenvalue weighted by molar-refractivity contribution is -0.139. The first-order chi connectivity index (χ1) is 13.1. The Bertz CT molecular complexity index is 674. The standard InChI is InChI=1S/C20H26N2O4S/c23-18(14-27-12-4-7-19(24)25)21-8-10-22(11-9-21)20(26)17-13-16(17)15-5-2-1-3-6-15/h1-3,5-6,16-17H,4,7-14H2,(H,24,25)/t16-,17+/m0/s1. The highest BCUT2D eigenvalue weighted by molar-refractivity contribution is 7.99. The van der Waals surface area contributed by atoms with Crippen molar-refractivity contribution in [1.82, 2.24) is 9.80 Å². The minimum absolute atomic E-state index is 0.0796. The highest BCUT2D eigenvalue weighted by atomic mass is 32.2. The van der Waals surface area contributed by atoms with Gasteiger partial charge >= 0.3 is 5.97 Å². The van der Waals surface area contributed by atoms with E-state index in [9.17, 15) is 14.4 Å². The van der Waals surface area contributed by atoms with Gasteiger partial charge in [-0.2, -0.15) is 11.8 Å². The third-order valence-corrected chi connectivity index (χ3v) is 6.21. The van der Waals surface area contributed by atoms with Gasteiger partial charge in [-0.25, -0.2) is 0 Å². The maximum atomic E-state index is 12.7. The molecule has 3 rings (SSSR count). The Morgan fingerprint density at radius 2 is 1.70 bits per heavy atom. The van der Waals surface area contributed by atoms with E-state index in [0.717, 1.165) is 6.42 Å². The van der Waals surface area contributed by atoms with Crippen molar-refractivity contribution in [2.75, 3.05) is 37.7 Å². The molecule has 2 aliphatic rings. The van der Waals surface area contributed by atoms with Crippen molar-refractivity contribution in [3.8, 4) is 0 Å². The summed E-state index contributed by atoms with van der Waals surface area (Å²) < 4.78 is 0. The second kappa shape index (κ2) is 9.26. The Morgan fingerprint density at radius 3 is 2.37 bits per heavy atom. The zero-order chi connectivity index (χ0) is 19.2. The summed E-state index contributed by atoms with van der Waals surface area (Å²) in [6.07, 6.45) is 1.65. The van der Waals surface area contributed by atoms with Crippen molar-refractivity contribution in [1.29, 1.82) is 0 Å². The van der Waals surface area contributed by atoms with Crippen LogP contribution in [0.4, 0.5) is 0 Å². The van der Waals surface area contributed by atoms with Gasteiger partial charge in [0.2, 0.25) is 11.8 Å². The van der Waals surface area contributed by atoms with E-state index in [1.165, 1.54) is 17.3 Å². The van der Waals surface area contributed by atoms with E-state index in [2.05, 4.69) is 12.1 Å². The van der Waals surface area contributed by atoms with Crippen molar-refractivity contribution < 1.29 is 19.5 Å². The number of rotatable bonds is 8. The molecule has 0 spiro atoms. The Kier molecular flexibility index (Phi) is 6.77. The molecule has 2 atom stereocenters. The number of hydrogen-bond donors (Lipinski definition) is 1. The number of benzene rings is 1. The summed E-state index contributed by atoms with van der Waals surface area (Å²) in [5.41, 5.74) is 1.24. The Balaban J connectivity index is 1.36. The third kappa shape index (κ3) is 5.48. The van der Waals surface area contributed by atoms with Crippen LogP contribution in [0, 0.1) is 5.92 Å². The van der Waals surface area contributed by atoms with Crippen LogP contribution in [0.1, 0.15) is 30.7 Å². The minimum atomic E-state index is -0.798. The van der Waals surface area contributed by atoms with Gasteiger partial charge in [-0.3, -0.25) is 14.4 Å². The highest BCUT2D eigenvalue weighted by Gasteiger charge is 2.46. The molecular formula is C20H26N2O4S. The van der Waals surface area contributed by atoms with Crippen LogP contribution in [0.15, 0.2) is 30.3 Å². The lowest BCUT2D eigenvalue weighted by Gasteiger charge is -2.35. The molecule has 7 heteroatoms. The van der Waals surface area contributed by atoms with Gasteiger partial charge in [-0.1, -0.05) is 30.3 Å². The van der Waals surface area contributed by atoms with E-state index < -0.39 is 5.97 Å². The molecule has 0 radical (unpaired) electrons. The van der Waals surface area contributed by atoms with Crippen LogP contribution in [0.3, 0.4) is 0 Å². The molecule has 2 amide bonds. The fourth-order valence-corrected chi connectivity index (χ4v) is 4.37. The summed E-state index contributed by atoms with van der Waals surface area (Å²) in [5.74, 6) is 1.01. The van der Waals surface area contributed by atoms with Gasteiger partial charge in [0.05, 0.1) is 5.75 Å². The number of hydrogen-bond acceptors (Lipinski definition) is 4. The molecular weight excluding hydrogens is 364 g/mol. The van der Waals surface area contributed by atoms with E-state index >= 15 is 0 Å². The molecule has 1 aromatic carbocycles. The molecule has 0 unspecified atom stereocenters. The Morgan fingerprint density at radius 1 is 1.04 bits per heavy atom. The van der Waals surface area contributed by atoms with Crippen LogP contribution in [0.2, 0.25) is 0 Å². The van der Waals surface area contributed by atoms with E-state index in [-0.39, 0.29) is 24.2 Å². The van der Waals surface area contributed by atoms with Crippen molar-refractivity contribution in [2.45, 2.75) is 25.2 Å². The molecule has 6 nitrogen and oxygen atoms in total. The van der Waals surface area contributed by atoms with Gasteiger partial charge in [0.1, 0.15) is 0 Å². The maximum Gasteiger partial charge on any atom is 0.303 e. The molecule has 146 valence electrons. The largest absolute Gasteiger partial charge is 0.481 e. The number of nitrogens with zero attached hydrogens (tertiary/aromatic N) is 2. The topological polar surface area (TPSA) is 77.9 Å². The number of carboxylic acid groups (broad SMARTS) is 1. The molecule has 0 aromatic heterocycles. The van der Waals surface area contributed by atoms with Crippen LogP contribution in [0.25, 0.3) is 0 Å². The van der Waals surface area contributed by atoms with Crippen molar-refractivity contribution >= 4 is 29.5 Å². The number of carboxylic acids is 1. The Labute approximate surface area is 163 Å². The predicted molar refractivity (Wildman–Crippen MR) is 105 cm³/mol. The molecule has 1 aromatic rings. The molecule has 0 bridgehead atoms. The molecule has 1 saturated heterocycles. The van der Waals surface area contributed by atoms with Gasteiger partial charge in [0.15, 0.2) is 0 Å². The molecule has 27 heavy (non-hydrogen) atoms. The summed E-state index contributed by atoms with van der Waals surface area (Å²) >= 11 is 1.48. The molecule has 1 N–H and O–H groups in total. The normalized spacial score (nSPS) is 21.8. The van der Waals surface area contributed by atoms with Crippen molar-refractivity contribution in [3.63, 3.8) is 0 Å². The minimum Gasteiger partial charge on any atom is -0.481 e. The maximum absolute atomic E-state index is 12.7. The van der Waals surface area contributed by atoms with E-state index in [1.54, 1.807) is 0 Å². The lowest BCUT2D eigenvalue weighted by Crippen LogP contribution is -2.51. The van der Waals surface area contributed by atoms with Crippen LogP contribution in [0.5, 0.6) is 0 Å². The fraction of sp³-hybridized carbons (Fsp3) is 0.550. The van der Waals surface area contributed by atoms with Gasteiger partial charge in [-0.05, 0) is 30.1 Å². The molecule has 1 aliphatic heterocycles. The molecule has 1 heterocycles. The van der Waals surface area contributed by atoms with Gasteiger partial charge in [0.25, 0.3) is 0 Å². The number of aliphatic carboxylic acids is 1. The average molecular weight is 391 g/mol. The van der Waals surface area contributed by atoms with E-state index in [1.807, 2.05) is 28.0 Å². The van der Waals surface area contributed by atoms with Gasteiger partial charge in [0, 0.05) is 38.5 Å². The zero-order valence-electron chi connectivity index (χ0n) is 15.4. The summed E-state index contributed by atoms with van der Waals surface area (Å²) in [7, 11) is 0. The zero-order valence-corrected chi connectivity index (χ0v) is 16.2. The first kappa shape index (κ1) is 19.7. The van der Waals surface area contributed by atoms with E-state index in [4.69, 9.17) is 5.11 Å². The van der Waals surface area contributed by atoms with Gasteiger partial charge < -0.3 is 14.9 Å². The summed E-state index contributed by atoms with van der Waals surface area (Å²) in [5, 5.41) is 8.60. The van der Waals surface area contributed by atoms with Crippen LogP contribution in [-0.2, 0) is 14.4 Å². The third-order valence-electron chi connectivity index (χ3n) is 5.18. The number of amides is 2. The first-order valence-corrected chi connectivity index (χ1v) is 10.6. The SMILES string of the molecule is O=C(O)CCCSCC(=O)N1CCN(C(=O)[C@@H]2C[C@H]2c2ccccc2)CC1. The van der Waals surface area contributed by atoms with Crippen molar-refractivity contribution in [2.24, 2.45) is 5.92 Å². The van der Waals surface area contributed by atoms with Crippen molar-refractivity contribution in [3.05, 3.63) is 35.9 Å². The predicted octanol–water partition coefficient (Wildman–Crippen LogP) is 2.06. The summed E-state index contributed by atoms with van der Waals surface area (Å²) in [6, 6.07) is 10.2. The fourth-order valence-electron chi connectivity index (χ4n) is 3.52. The summed E-state index contributed by atoms with van der Waals surface area (Å²) in [6.45, 7) is 2.38. The highest BCUT2D eigenvalue weighted by Crippen LogP contribution is 2.48. The number of carbonyl (C=O) groups is 3. The second-order valence-electron chi connectivity index (χ2n) is 7.12. The second-order valence-corrected chi connectivity index (χ2v) is 8.22. The number of piperazine rings is 1. The quantitative estimate of drug-likeness (QED) is 0.688. The molecule has 1 aliphatic carbocycles. The van der Waals surface area contributed by atoms with Crippen LogP contribution >= 0.6 is 11.8 Å². The van der Waals surface area contributed by atoms with E-state index in [0.29, 0.717) is 50.0 Å². The molecule has 1 saturated carbocycles. The Hall–Kier alpha value is -2.02. The average Bonchev–Trinajstić information content (AvgIpc) is 3.48. The molecule has 2 fully saturated rings.